The summed E-state index contributed by atoms with van der Waals surface area (Å²) in [6, 6.07) is 13.2. The lowest BCUT2D eigenvalue weighted by Crippen LogP contribution is -2.07. The van der Waals surface area contributed by atoms with Gasteiger partial charge in [-0.05, 0) is 101 Å². The molecular formula is C27H24FIO4. The van der Waals surface area contributed by atoms with Crippen LogP contribution in [0.1, 0.15) is 52.7 Å². The molecule has 0 saturated carbocycles. The van der Waals surface area contributed by atoms with Crippen molar-refractivity contribution in [1.29, 1.82) is 0 Å². The van der Waals surface area contributed by atoms with Gasteiger partial charge in [0.15, 0.2) is 0 Å². The summed E-state index contributed by atoms with van der Waals surface area (Å²) in [5.74, 6) is 0.0183. The summed E-state index contributed by atoms with van der Waals surface area (Å²) in [5, 5.41) is 9.10. The third-order valence-corrected chi connectivity index (χ3v) is 7.24. The van der Waals surface area contributed by atoms with Crippen molar-refractivity contribution in [2.75, 3.05) is 6.61 Å². The van der Waals surface area contributed by atoms with E-state index in [1.54, 1.807) is 12.1 Å². The highest BCUT2D eigenvalue weighted by Crippen LogP contribution is 2.45. The minimum atomic E-state index is -0.843. The largest absolute Gasteiger partial charge is 0.492 e. The molecule has 0 saturated heterocycles. The maximum Gasteiger partial charge on any atom is 0.304 e. The maximum absolute atomic E-state index is 15.0. The monoisotopic (exact) mass is 558 g/mol. The molecule has 3 aromatic carbocycles. The number of rotatable bonds is 5. The molecule has 1 heterocycles. The van der Waals surface area contributed by atoms with Gasteiger partial charge in [0.1, 0.15) is 23.4 Å². The Labute approximate surface area is 205 Å². The first-order chi connectivity index (χ1) is 15.8. The Kier molecular flexibility index (Phi) is 5.80. The van der Waals surface area contributed by atoms with E-state index in [4.69, 9.17) is 14.6 Å². The Morgan fingerprint density at radius 1 is 1.18 bits per heavy atom. The SMILES string of the molecule is Cc1cc(I)cc(C)c1-c1ccc(F)c2c1CC[C@H]2Oc1ccc2c(c1)OC[C@H]2CC(=O)O. The molecule has 0 unspecified atom stereocenters. The van der Waals surface area contributed by atoms with Crippen molar-refractivity contribution in [3.05, 3.63) is 79.7 Å². The van der Waals surface area contributed by atoms with Gasteiger partial charge in [-0.15, -0.1) is 0 Å². The minimum absolute atomic E-state index is 0.0363. The Bertz CT molecular complexity index is 1250. The van der Waals surface area contributed by atoms with Crippen molar-refractivity contribution >= 4 is 28.6 Å². The standard InChI is InChI=1S/C27H24FIO4/c1-14-9-17(29)10-15(2)26(14)20-5-7-22(28)27-21(20)6-8-23(27)33-18-3-4-19-16(11-25(30)31)13-32-24(19)12-18/h3-5,7,9-10,12,16,23H,6,8,11,13H2,1-2H3,(H,30,31)/t16-,23-/m1/s1. The van der Waals surface area contributed by atoms with E-state index in [1.807, 2.05) is 18.2 Å². The van der Waals surface area contributed by atoms with Crippen molar-refractivity contribution < 1.29 is 23.8 Å². The van der Waals surface area contributed by atoms with E-state index in [0.717, 1.165) is 23.1 Å². The van der Waals surface area contributed by atoms with Crippen molar-refractivity contribution in [2.24, 2.45) is 0 Å². The summed E-state index contributed by atoms with van der Waals surface area (Å²) >= 11 is 2.32. The molecule has 6 heteroatoms. The molecule has 4 nitrogen and oxygen atoms in total. The van der Waals surface area contributed by atoms with E-state index in [0.29, 0.717) is 30.1 Å². The molecule has 5 rings (SSSR count). The summed E-state index contributed by atoms with van der Waals surface area (Å²) in [5.41, 5.74) is 7.16. The van der Waals surface area contributed by atoms with Crippen LogP contribution in [0.25, 0.3) is 11.1 Å². The van der Waals surface area contributed by atoms with E-state index in [1.165, 1.54) is 20.3 Å². The Hall–Kier alpha value is -2.61. The minimum Gasteiger partial charge on any atom is -0.492 e. The summed E-state index contributed by atoms with van der Waals surface area (Å²) in [6.45, 7) is 4.56. The predicted molar refractivity (Wildman–Crippen MR) is 133 cm³/mol. The van der Waals surface area contributed by atoms with Crippen molar-refractivity contribution in [1.82, 2.24) is 0 Å². The van der Waals surface area contributed by atoms with Gasteiger partial charge < -0.3 is 14.6 Å². The number of carboxylic acid groups (broad SMARTS) is 1. The van der Waals surface area contributed by atoms with Crippen molar-refractivity contribution in [3.8, 4) is 22.6 Å². The van der Waals surface area contributed by atoms with Crippen LogP contribution < -0.4 is 9.47 Å². The molecule has 2 aliphatic rings. The molecule has 0 amide bonds. The maximum atomic E-state index is 15.0. The Balaban J connectivity index is 1.46. The molecule has 1 N–H and O–H groups in total. The van der Waals surface area contributed by atoms with Gasteiger partial charge in [-0.25, -0.2) is 4.39 Å². The van der Waals surface area contributed by atoms with Crippen molar-refractivity contribution in [3.63, 3.8) is 0 Å². The molecule has 0 bridgehead atoms. The van der Waals surface area contributed by atoms with Crippen LogP contribution in [0.4, 0.5) is 4.39 Å². The lowest BCUT2D eigenvalue weighted by molar-refractivity contribution is -0.137. The van der Waals surface area contributed by atoms with Gasteiger partial charge in [0.05, 0.1) is 13.0 Å². The zero-order valence-electron chi connectivity index (χ0n) is 18.5. The highest BCUT2D eigenvalue weighted by molar-refractivity contribution is 14.1. The smallest absolute Gasteiger partial charge is 0.304 e. The third kappa shape index (κ3) is 4.09. The van der Waals surface area contributed by atoms with Crippen molar-refractivity contribution in [2.45, 2.75) is 45.1 Å². The van der Waals surface area contributed by atoms with Crippen LogP contribution in [-0.2, 0) is 11.2 Å². The number of aryl methyl sites for hydroxylation is 2. The van der Waals surface area contributed by atoms with Crippen LogP contribution >= 0.6 is 22.6 Å². The van der Waals surface area contributed by atoms with E-state index >= 15 is 4.39 Å². The lowest BCUT2D eigenvalue weighted by atomic mass is 9.90. The Morgan fingerprint density at radius 3 is 2.67 bits per heavy atom. The number of hydrogen-bond donors (Lipinski definition) is 1. The van der Waals surface area contributed by atoms with E-state index < -0.39 is 5.97 Å². The first-order valence-corrected chi connectivity index (χ1v) is 12.1. The number of halogens is 2. The van der Waals surface area contributed by atoms with E-state index in [2.05, 4.69) is 48.6 Å². The van der Waals surface area contributed by atoms with Crippen LogP contribution in [0.15, 0.2) is 42.5 Å². The summed E-state index contributed by atoms with van der Waals surface area (Å²) in [4.78, 5) is 11.1. The number of hydrogen-bond acceptors (Lipinski definition) is 3. The molecule has 3 aromatic rings. The molecule has 0 radical (unpaired) electrons. The van der Waals surface area contributed by atoms with E-state index in [-0.39, 0.29) is 24.3 Å². The van der Waals surface area contributed by atoms with Gasteiger partial charge in [0.25, 0.3) is 0 Å². The quantitative estimate of drug-likeness (QED) is 0.353. The first-order valence-electron chi connectivity index (χ1n) is 11.1. The number of ether oxygens (including phenoxy) is 2. The molecule has 1 aliphatic heterocycles. The van der Waals surface area contributed by atoms with Crippen LogP contribution in [-0.4, -0.2) is 17.7 Å². The number of carboxylic acids is 1. The summed E-state index contributed by atoms with van der Waals surface area (Å²) in [6.07, 6.45) is 1.11. The van der Waals surface area contributed by atoms with E-state index in [9.17, 15) is 4.79 Å². The molecule has 33 heavy (non-hydrogen) atoms. The molecule has 0 spiro atoms. The normalized spacial score (nSPS) is 18.5. The average Bonchev–Trinajstić information content (AvgIpc) is 3.33. The zero-order chi connectivity index (χ0) is 23.3. The van der Waals surface area contributed by atoms with Gasteiger partial charge in [-0.2, -0.15) is 0 Å². The second kappa shape index (κ2) is 8.63. The second-order valence-electron chi connectivity index (χ2n) is 8.85. The molecule has 2 atom stereocenters. The summed E-state index contributed by atoms with van der Waals surface area (Å²) < 4.78 is 28.2. The fourth-order valence-electron chi connectivity index (χ4n) is 5.24. The molecule has 1 aliphatic carbocycles. The number of fused-ring (bicyclic) bond motifs is 2. The van der Waals surface area contributed by atoms with Crippen LogP contribution in [0, 0.1) is 23.2 Å². The summed E-state index contributed by atoms with van der Waals surface area (Å²) in [7, 11) is 0. The average molecular weight is 558 g/mol. The van der Waals surface area contributed by atoms with Crippen LogP contribution in [0.3, 0.4) is 0 Å². The highest BCUT2D eigenvalue weighted by Gasteiger charge is 2.32. The fourth-order valence-corrected chi connectivity index (χ4v) is 6.17. The molecular weight excluding hydrogens is 534 g/mol. The van der Waals surface area contributed by atoms with Gasteiger partial charge in [-0.3, -0.25) is 4.79 Å². The van der Waals surface area contributed by atoms with Gasteiger partial charge >= 0.3 is 5.97 Å². The van der Waals surface area contributed by atoms with Gasteiger partial charge in [-0.1, -0.05) is 12.1 Å². The first kappa shape index (κ1) is 22.2. The topological polar surface area (TPSA) is 55.8 Å². The van der Waals surface area contributed by atoms with Gasteiger partial charge in [0.2, 0.25) is 0 Å². The Morgan fingerprint density at radius 2 is 1.94 bits per heavy atom. The molecule has 0 aromatic heterocycles. The molecule has 0 fully saturated rings. The highest BCUT2D eigenvalue weighted by atomic mass is 127. The van der Waals surface area contributed by atoms with Crippen LogP contribution in [0.5, 0.6) is 11.5 Å². The third-order valence-electron chi connectivity index (χ3n) is 6.61. The number of carbonyl (C=O) groups is 1. The van der Waals surface area contributed by atoms with Gasteiger partial charge in [0, 0.05) is 26.7 Å². The lowest BCUT2D eigenvalue weighted by Gasteiger charge is -2.19. The zero-order valence-corrected chi connectivity index (χ0v) is 20.6. The predicted octanol–water partition coefficient (Wildman–Crippen LogP) is 6.73. The number of benzene rings is 3. The molecule has 170 valence electrons. The van der Waals surface area contributed by atoms with Crippen LogP contribution in [0.2, 0.25) is 0 Å². The number of aliphatic carboxylic acids is 1. The fraction of sp³-hybridized carbons (Fsp3) is 0.296. The second-order valence-corrected chi connectivity index (χ2v) is 10.1.